The third-order valence-corrected chi connectivity index (χ3v) is 11.6. The van der Waals surface area contributed by atoms with Crippen LogP contribution in [0.25, 0.3) is 93.6 Å². The molecule has 0 saturated heterocycles. The first-order valence-electron chi connectivity index (χ1n) is 19.7. The van der Waals surface area contributed by atoms with Crippen LogP contribution in [0.15, 0.2) is 215 Å². The SMILES string of the molecule is c1ccc(-n2c3ccccc3c3ccccc32)c(-c2ccc(-c3ccc(N(c4ccc5oc6ccccc6c5c4)c4ccc5oc6ccccc6c5c4)cc3)cc2)c1. The quantitative estimate of drug-likeness (QED) is 0.170. The van der Waals surface area contributed by atoms with Gasteiger partial charge in [0.15, 0.2) is 0 Å². The van der Waals surface area contributed by atoms with Crippen LogP contribution >= 0.6 is 0 Å². The molecule has 0 N–H and O–H groups in total. The lowest BCUT2D eigenvalue weighted by Crippen LogP contribution is -2.09. The van der Waals surface area contributed by atoms with Gasteiger partial charge in [-0.15, -0.1) is 0 Å². The zero-order chi connectivity index (χ0) is 38.2. The van der Waals surface area contributed by atoms with Crippen molar-refractivity contribution in [1.82, 2.24) is 4.57 Å². The van der Waals surface area contributed by atoms with Gasteiger partial charge in [-0.2, -0.15) is 0 Å². The molecule has 12 aromatic rings. The average molecular weight is 743 g/mol. The largest absolute Gasteiger partial charge is 0.456 e. The molecule has 0 bridgehead atoms. The van der Waals surface area contributed by atoms with Crippen LogP contribution in [0.4, 0.5) is 17.1 Å². The van der Waals surface area contributed by atoms with E-state index >= 15 is 0 Å². The monoisotopic (exact) mass is 742 g/mol. The number of aromatic nitrogens is 1. The van der Waals surface area contributed by atoms with Crippen molar-refractivity contribution in [3.05, 3.63) is 206 Å². The lowest BCUT2D eigenvalue weighted by Gasteiger charge is -2.26. The second-order valence-electron chi connectivity index (χ2n) is 14.9. The minimum Gasteiger partial charge on any atom is -0.456 e. The topological polar surface area (TPSA) is 34.5 Å². The highest BCUT2D eigenvalue weighted by Crippen LogP contribution is 2.42. The van der Waals surface area contributed by atoms with E-state index in [0.29, 0.717) is 0 Å². The molecule has 0 saturated carbocycles. The predicted octanol–water partition coefficient (Wildman–Crippen LogP) is 15.4. The van der Waals surface area contributed by atoms with Crippen LogP contribution in [0.3, 0.4) is 0 Å². The molecule has 0 aliphatic carbocycles. The molecule has 3 aromatic heterocycles. The Balaban J connectivity index is 0.933. The van der Waals surface area contributed by atoms with Gasteiger partial charge >= 0.3 is 0 Å². The molecule has 272 valence electrons. The number of benzene rings is 9. The van der Waals surface area contributed by atoms with Crippen LogP contribution in [0.1, 0.15) is 0 Å². The van der Waals surface area contributed by atoms with Gasteiger partial charge in [0.25, 0.3) is 0 Å². The maximum atomic E-state index is 6.22. The Hall–Kier alpha value is -7.82. The van der Waals surface area contributed by atoms with Crippen molar-refractivity contribution >= 4 is 82.7 Å². The zero-order valence-electron chi connectivity index (χ0n) is 31.3. The number of anilines is 3. The van der Waals surface area contributed by atoms with Crippen LogP contribution in [-0.4, -0.2) is 4.57 Å². The number of fused-ring (bicyclic) bond motifs is 9. The van der Waals surface area contributed by atoms with E-state index in [4.69, 9.17) is 8.83 Å². The average Bonchev–Trinajstić information content (AvgIpc) is 3.96. The summed E-state index contributed by atoms with van der Waals surface area (Å²) in [6, 6.07) is 73.3. The fraction of sp³-hybridized carbons (Fsp3) is 0. The lowest BCUT2D eigenvalue weighted by molar-refractivity contribution is 0.668. The molecule has 0 aliphatic heterocycles. The van der Waals surface area contributed by atoms with Crippen LogP contribution in [0, 0.1) is 0 Å². The summed E-state index contributed by atoms with van der Waals surface area (Å²) >= 11 is 0. The lowest BCUT2D eigenvalue weighted by atomic mass is 9.98. The Morgan fingerprint density at radius 3 is 1.29 bits per heavy atom. The third kappa shape index (κ3) is 5.09. The summed E-state index contributed by atoms with van der Waals surface area (Å²) in [6.07, 6.45) is 0. The number of furan rings is 2. The number of nitrogens with zero attached hydrogens (tertiary/aromatic N) is 2. The van der Waals surface area contributed by atoms with Gasteiger partial charge in [-0.3, -0.25) is 0 Å². The second-order valence-corrected chi connectivity index (χ2v) is 14.9. The Morgan fingerprint density at radius 2 is 0.724 bits per heavy atom. The Kier molecular flexibility index (Phi) is 7.20. The molecule has 3 heterocycles. The van der Waals surface area contributed by atoms with Crippen molar-refractivity contribution in [2.24, 2.45) is 0 Å². The highest BCUT2D eigenvalue weighted by molar-refractivity contribution is 6.10. The van der Waals surface area contributed by atoms with Crippen molar-refractivity contribution in [3.8, 4) is 27.9 Å². The molecule has 0 atom stereocenters. The maximum Gasteiger partial charge on any atom is 0.135 e. The fourth-order valence-corrected chi connectivity index (χ4v) is 8.89. The normalized spacial score (nSPS) is 11.8. The van der Waals surface area contributed by atoms with Crippen molar-refractivity contribution in [2.45, 2.75) is 0 Å². The molecule has 12 rings (SSSR count). The standard InChI is InChI=1S/C54H34N2O2/c1-6-16-48(56-49-17-7-2-12-42(49)43-13-3-8-18-50(43)56)41(11-1)37-23-21-35(22-24-37)36-25-27-38(28-26-36)55(39-29-31-53-46(33-39)44-14-4-9-19-51(44)57-53)40-30-32-54-47(34-40)45-15-5-10-20-52(45)58-54/h1-34H. The summed E-state index contributed by atoms with van der Waals surface area (Å²) in [5, 5.41) is 6.90. The van der Waals surface area contributed by atoms with E-state index in [-0.39, 0.29) is 0 Å². The molecular weight excluding hydrogens is 709 g/mol. The van der Waals surface area contributed by atoms with Gasteiger partial charge in [-0.1, -0.05) is 127 Å². The molecule has 4 heteroatoms. The van der Waals surface area contributed by atoms with Gasteiger partial charge in [0.05, 0.1) is 16.7 Å². The van der Waals surface area contributed by atoms with E-state index in [1.165, 1.54) is 38.6 Å². The van der Waals surface area contributed by atoms with Crippen molar-refractivity contribution in [1.29, 1.82) is 0 Å². The summed E-state index contributed by atoms with van der Waals surface area (Å²) in [6.45, 7) is 0. The zero-order valence-corrected chi connectivity index (χ0v) is 31.3. The highest BCUT2D eigenvalue weighted by Gasteiger charge is 2.19. The van der Waals surface area contributed by atoms with Crippen molar-refractivity contribution in [3.63, 3.8) is 0 Å². The third-order valence-electron chi connectivity index (χ3n) is 11.6. The molecule has 9 aromatic carbocycles. The van der Waals surface area contributed by atoms with Crippen molar-refractivity contribution < 1.29 is 8.83 Å². The minimum atomic E-state index is 0.873. The molecule has 0 spiro atoms. The Labute approximate surface area is 334 Å². The van der Waals surface area contributed by atoms with Crippen molar-refractivity contribution in [2.75, 3.05) is 4.90 Å². The highest BCUT2D eigenvalue weighted by atomic mass is 16.3. The van der Waals surface area contributed by atoms with E-state index in [0.717, 1.165) is 72.1 Å². The van der Waals surface area contributed by atoms with E-state index in [1.54, 1.807) is 0 Å². The molecular formula is C54H34N2O2. The number of rotatable bonds is 6. The molecule has 0 amide bonds. The van der Waals surface area contributed by atoms with Gasteiger partial charge in [0.1, 0.15) is 22.3 Å². The maximum absolute atomic E-state index is 6.22. The first-order chi connectivity index (χ1) is 28.7. The summed E-state index contributed by atoms with van der Waals surface area (Å²) < 4.78 is 14.8. The summed E-state index contributed by atoms with van der Waals surface area (Å²) in [5.41, 5.74) is 14.9. The molecule has 0 radical (unpaired) electrons. The van der Waals surface area contributed by atoms with Gasteiger partial charge in [-0.05, 0) is 95.6 Å². The van der Waals surface area contributed by atoms with Gasteiger partial charge in [0, 0.05) is 54.9 Å². The first-order valence-corrected chi connectivity index (χ1v) is 19.7. The molecule has 0 aliphatic rings. The van der Waals surface area contributed by atoms with Crippen LogP contribution in [0.5, 0.6) is 0 Å². The number of hydrogen-bond acceptors (Lipinski definition) is 3. The number of hydrogen-bond donors (Lipinski definition) is 0. The Bertz CT molecular complexity index is 3350. The van der Waals surface area contributed by atoms with E-state index in [9.17, 15) is 0 Å². The van der Waals surface area contributed by atoms with E-state index < -0.39 is 0 Å². The van der Waals surface area contributed by atoms with Crippen LogP contribution in [-0.2, 0) is 0 Å². The summed E-state index contributed by atoms with van der Waals surface area (Å²) in [7, 11) is 0. The van der Waals surface area contributed by atoms with Crippen LogP contribution in [0.2, 0.25) is 0 Å². The smallest absolute Gasteiger partial charge is 0.135 e. The van der Waals surface area contributed by atoms with Gasteiger partial charge in [-0.25, -0.2) is 0 Å². The number of para-hydroxylation sites is 5. The molecule has 0 fully saturated rings. The summed E-state index contributed by atoms with van der Waals surface area (Å²) in [5.74, 6) is 0. The molecule has 0 unspecified atom stereocenters. The first kappa shape index (κ1) is 32.4. The fourth-order valence-electron chi connectivity index (χ4n) is 8.89. The minimum absolute atomic E-state index is 0.873. The molecule has 4 nitrogen and oxygen atoms in total. The van der Waals surface area contributed by atoms with E-state index in [2.05, 4.69) is 191 Å². The summed E-state index contributed by atoms with van der Waals surface area (Å²) in [4.78, 5) is 2.32. The van der Waals surface area contributed by atoms with Gasteiger partial charge < -0.3 is 18.3 Å². The Morgan fingerprint density at radius 1 is 0.310 bits per heavy atom. The van der Waals surface area contributed by atoms with Gasteiger partial charge in [0.2, 0.25) is 0 Å². The second kappa shape index (κ2) is 12.9. The molecule has 58 heavy (non-hydrogen) atoms. The van der Waals surface area contributed by atoms with E-state index in [1.807, 2.05) is 24.3 Å². The predicted molar refractivity (Wildman–Crippen MR) is 241 cm³/mol. The van der Waals surface area contributed by atoms with Crippen LogP contribution < -0.4 is 4.90 Å².